The Morgan fingerprint density at radius 3 is 2.80 bits per heavy atom. The highest BCUT2D eigenvalue weighted by atomic mass is 16.5. The Labute approximate surface area is 93.2 Å². The lowest BCUT2D eigenvalue weighted by Crippen LogP contribution is -2.30. The molecule has 1 aliphatic rings. The molecule has 90 valence electrons. The summed E-state index contributed by atoms with van der Waals surface area (Å²) in [6.45, 7) is 7.77. The van der Waals surface area contributed by atoms with E-state index < -0.39 is 0 Å². The van der Waals surface area contributed by atoms with E-state index in [-0.39, 0.29) is 6.10 Å². The van der Waals surface area contributed by atoms with Gasteiger partial charge < -0.3 is 15.2 Å². The first kappa shape index (κ1) is 12.9. The minimum Gasteiger partial charge on any atom is -0.393 e. The highest BCUT2D eigenvalue weighted by Crippen LogP contribution is 2.24. The molecule has 1 aliphatic carbocycles. The monoisotopic (exact) mass is 215 g/mol. The highest BCUT2D eigenvalue weighted by Gasteiger charge is 2.24. The van der Waals surface area contributed by atoms with Gasteiger partial charge in [0.2, 0.25) is 0 Å². The molecule has 0 aromatic heterocycles. The summed E-state index contributed by atoms with van der Waals surface area (Å²) in [5, 5.41) is 12.9. The van der Waals surface area contributed by atoms with Crippen molar-refractivity contribution in [1.82, 2.24) is 5.32 Å². The zero-order chi connectivity index (χ0) is 11.1. The second-order valence-corrected chi connectivity index (χ2v) is 4.93. The van der Waals surface area contributed by atoms with Crippen molar-refractivity contribution in [2.75, 3.05) is 26.3 Å². The second kappa shape index (κ2) is 7.20. The molecule has 0 amide bonds. The third-order valence-electron chi connectivity index (χ3n) is 2.90. The van der Waals surface area contributed by atoms with Crippen LogP contribution < -0.4 is 5.32 Å². The van der Waals surface area contributed by atoms with Crippen molar-refractivity contribution in [1.29, 1.82) is 0 Å². The molecule has 0 aromatic carbocycles. The van der Waals surface area contributed by atoms with Crippen LogP contribution in [-0.2, 0) is 4.74 Å². The zero-order valence-corrected chi connectivity index (χ0v) is 10.0. The maximum Gasteiger partial charge on any atom is 0.0591 e. The van der Waals surface area contributed by atoms with Crippen molar-refractivity contribution < 1.29 is 9.84 Å². The molecule has 0 heterocycles. The van der Waals surface area contributed by atoms with Crippen LogP contribution in [0.5, 0.6) is 0 Å². The van der Waals surface area contributed by atoms with Gasteiger partial charge in [0.1, 0.15) is 0 Å². The van der Waals surface area contributed by atoms with Crippen LogP contribution in [0.4, 0.5) is 0 Å². The highest BCUT2D eigenvalue weighted by molar-refractivity contribution is 4.77. The number of rotatable bonds is 7. The van der Waals surface area contributed by atoms with E-state index in [1.807, 2.05) is 0 Å². The van der Waals surface area contributed by atoms with Crippen LogP contribution in [-0.4, -0.2) is 37.5 Å². The van der Waals surface area contributed by atoms with Gasteiger partial charge in [-0.2, -0.15) is 0 Å². The molecule has 1 rings (SSSR count). The summed E-state index contributed by atoms with van der Waals surface area (Å²) in [5.74, 6) is 1.08. The predicted molar refractivity (Wildman–Crippen MR) is 61.9 cm³/mol. The fourth-order valence-electron chi connectivity index (χ4n) is 2.01. The van der Waals surface area contributed by atoms with E-state index in [0.717, 1.165) is 32.7 Å². The Kier molecular flexibility index (Phi) is 6.22. The molecule has 2 atom stereocenters. The number of ether oxygens (including phenoxy) is 1. The minimum atomic E-state index is -0.0749. The van der Waals surface area contributed by atoms with Gasteiger partial charge in [-0.05, 0) is 24.7 Å². The Morgan fingerprint density at radius 1 is 1.40 bits per heavy atom. The first-order valence-corrected chi connectivity index (χ1v) is 6.16. The van der Waals surface area contributed by atoms with E-state index in [2.05, 4.69) is 19.2 Å². The van der Waals surface area contributed by atoms with Crippen LogP contribution in [0.3, 0.4) is 0 Å². The first-order chi connectivity index (χ1) is 7.20. The largest absolute Gasteiger partial charge is 0.393 e. The van der Waals surface area contributed by atoms with Gasteiger partial charge >= 0.3 is 0 Å². The molecule has 0 spiro atoms. The summed E-state index contributed by atoms with van der Waals surface area (Å²) in [7, 11) is 0. The molecule has 0 aliphatic heterocycles. The molecule has 1 saturated carbocycles. The van der Waals surface area contributed by atoms with Crippen molar-refractivity contribution >= 4 is 0 Å². The number of nitrogens with one attached hydrogen (secondary N) is 1. The van der Waals surface area contributed by atoms with Gasteiger partial charge in [-0.15, -0.1) is 0 Å². The van der Waals surface area contributed by atoms with Crippen molar-refractivity contribution in [3.8, 4) is 0 Å². The molecule has 2 N–H and O–H groups in total. The van der Waals surface area contributed by atoms with Crippen LogP contribution in [0, 0.1) is 11.8 Å². The average molecular weight is 215 g/mol. The lowest BCUT2D eigenvalue weighted by atomic mass is 10.1. The van der Waals surface area contributed by atoms with E-state index in [4.69, 9.17) is 4.74 Å². The maximum atomic E-state index is 9.59. The number of hydrogen-bond acceptors (Lipinski definition) is 3. The van der Waals surface area contributed by atoms with E-state index >= 15 is 0 Å². The second-order valence-electron chi connectivity index (χ2n) is 4.93. The number of hydrogen-bond donors (Lipinski definition) is 2. The molecule has 3 nitrogen and oxygen atoms in total. The van der Waals surface area contributed by atoms with Gasteiger partial charge in [0.15, 0.2) is 0 Å². The molecule has 0 aromatic rings. The van der Waals surface area contributed by atoms with Crippen LogP contribution in [0.25, 0.3) is 0 Å². The molecule has 0 saturated heterocycles. The fraction of sp³-hybridized carbons (Fsp3) is 1.00. The third-order valence-corrected chi connectivity index (χ3v) is 2.90. The summed E-state index contributed by atoms with van der Waals surface area (Å²) in [6.07, 6.45) is 3.25. The Morgan fingerprint density at radius 2 is 2.20 bits per heavy atom. The Hall–Kier alpha value is -0.120. The van der Waals surface area contributed by atoms with E-state index in [9.17, 15) is 5.11 Å². The van der Waals surface area contributed by atoms with Crippen LogP contribution >= 0.6 is 0 Å². The Bertz CT molecular complexity index is 162. The summed E-state index contributed by atoms with van der Waals surface area (Å²) in [5.41, 5.74) is 0. The predicted octanol–water partition coefficient (Wildman–Crippen LogP) is 1.41. The molecule has 1 fully saturated rings. The van der Waals surface area contributed by atoms with E-state index in [1.54, 1.807) is 0 Å². The molecule has 0 bridgehead atoms. The summed E-state index contributed by atoms with van der Waals surface area (Å²) >= 11 is 0. The zero-order valence-electron chi connectivity index (χ0n) is 10.0. The summed E-state index contributed by atoms with van der Waals surface area (Å²) in [4.78, 5) is 0. The van der Waals surface area contributed by atoms with Gasteiger partial charge in [-0.25, -0.2) is 0 Å². The van der Waals surface area contributed by atoms with Crippen molar-refractivity contribution in [3.05, 3.63) is 0 Å². The molecular formula is C12H25NO2. The first-order valence-electron chi connectivity index (χ1n) is 6.16. The molecule has 3 heteroatoms. The lowest BCUT2D eigenvalue weighted by molar-refractivity contribution is 0.105. The standard InChI is InChI=1S/C12H25NO2/c1-10(2)9-15-7-6-13-8-11-4-3-5-12(11)14/h10-14H,3-9H2,1-2H3. The van der Waals surface area contributed by atoms with E-state index in [1.165, 1.54) is 12.8 Å². The number of aliphatic hydroxyl groups excluding tert-OH is 1. The third kappa shape index (κ3) is 5.50. The number of aliphatic hydroxyl groups is 1. The molecule has 2 unspecified atom stereocenters. The van der Waals surface area contributed by atoms with Crippen molar-refractivity contribution in [2.24, 2.45) is 11.8 Å². The average Bonchev–Trinajstić information content (AvgIpc) is 2.57. The normalized spacial score (nSPS) is 26.4. The van der Waals surface area contributed by atoms with Crippen molar-refractivity contribution in [3.63, 3.8) is 0 Å². The lowest BCUT2D eigenvalue weighted by Gasteiger charge is -2.15. The SMILES string of the molecule is CC(C)COCCNCC1CCCC1O. The van der Waals surface area contributed by atoms with Gasteiger partial charge in [-0.1, -0.05) is 20.3 Å². The summed E-state index contributed by atoms with van der Waals surface area (Å²) in [6, 6.07) is 0. The minimum absolute atomic E-state index is 0.0749. The van der Waals surface area contributed by atoms with Crippen LogP contribution in [0.1, 0.15) is 33.1 Å². The van der Waals surface area contributed by atoms with Gasteiger partial charge in [0.05, 0.1) is 12.7 Å². The van der Waals surface area contributed by atoms with Crippen molar-refractivity contribution in [2.45, 2.75) is 39.2 Å². The fourth-order valence-corrected chi connectivity index (χ4v) is 2.01. The van der Waals surface area contributed by atoms with Crippen LogP contribution in [0.15, 0.2) is 0 Å². The quantitative estimate of drug-likeness (QED) is 0.631. The Balaban J connectivity index is 1.88. The molecular weight excluding hydrogens is 190 g/mol. The van der Waals surface area contributed by atoms with Crippen LogP contribution in [0.2, 0.25) is 0 Å². The topological polar surface area (TPSA) is 41.5 Å². The smallest absolute Gasteiger partial charge is 0.0591 e. The molecule has 0 radical (unpaired) electrons. The van der Waals surface area contributed by atoms with E-state index in [0.29, 0.717) is 11.8 Å². The maximum absolute atomic E-state index is 9.59. The van der Waals surface area contributed by atoms with Gasteiger partial charge in [-0.3, -0.25) is 0 Å². The van der Waals surface area contributed by atoms with Gasteiger partial charge in [0.25, 0.3) is 0 Å². The summed E-state index contributed by atoms with van der Waals surface area (Å²) < 4.78 is 5.46. The van der Waals surface area contributed by atoms with Gasteiger partial charge in [0, 0.05) is 19.7 Å². The molecule has 15 heavy (non-hydrogen) atoms.